The molecule has 2 aliphatic rings. The van der Waals surface area contributed by atoms with Crippen molar-refractivity contribution in [2.75, 3.05) is 37.7 Å². The molecule has 1 saturated carbocycles. The van der Waals surface area contributed by atoms with Gasteiger partial charge >= 0.3 is 0 Å². The molecule has 1 atom stereocenters. The Morgan fingerprint density at radius 2 is 1.71 bits per heavy atom. The standard InChI is InChI=1S/C38H44ClF3N4O5/c1-38(2,3)51-23-33(47)44-17-16-25-8-13-29(39)26(19-25)22-45(27-11-12-27)37(49)32-20-43-21-34(48)46(32)28-9-6-24(7-10-28)5-4-18-50-36-31(41)15-14-30(40)35(36)42/h6-10,13-15,19,27,32,43H,4-5,11-12,16-18,20-23H2,1-3H3,(H,44,47)/t32-/m1/s1. The molecule has 3 aromatic rings. The van der Waals surface area contributed by atoms with Crippen molar-refractivity contribution in [3.63, 3.8) is 0 Å². The second kappa shape index (κ2) is 16.9. The average Bonchev–Trinajstić information content (AvgIpc) is 3.94. The summed E-state index contributed by atoms with van der Waals surface area (Å²) in [7, 11) is 0. The van der Waals surface area contributed by atoms with Crippen LogP contribution in [-0.4, -0.2) is 73.2 Å². The Balaban J connectivity index is 1.20. The summed E-state index contributed by atoms with van der Waals surface area (Å²) >= 11 is 6.63. The number of hydrogen-bond acceptors (Lipinski definition) is 6. The first-order chi connectivity index (χ1) is 24.3. The van der Waals surface area contributed by atoms with Crippen LogP contribution < -0.4 is 20.3 Å². The van der Waals surface area contributed by atoms with E-state index in [4.69, 9.17) is 21.1 Å². The van der Waals surface area contributed by atoms with E-state index < -0.39 is 34.8 Å². The van der Waals surface area contributed by atoms with Gasteiger partial charge in [0.05, 0.1) is 18.8 Å². The molecule has 1 aliphatic heterocycles. The molecule has 2 N–H and O–H groups in total. The Morgan fingerprint density at radius 1 is 1.00 bits per heavy atom. The number of hydrogen-bond donors (Lipinski definition) is 2. The van der Waals surface area contributed by atoms with Crippen molar-refractivity contribution in [2.24, 2.45) is 0 Å². The van der Waals surface area contributed by atoms with Gasteiger partial charge in [-0.2, -0.15) is 4.39 Å². The monoisotopic (exact) mass is 728 g/mol. The van der Waals surface area contributed by atoms with Crippen molar-refractivity contribution in [3.8, 4) is 5.75 Å². The fraction of sp³-hybridized carbons (Fsp3) is 0.447. The summed E-state index contributed by atoms with van der Waals surface area (Å²) in [5.74, 6) is -4.85. The van der Waals surface area contributed by atoms with Crippen molar-refractivity contribution < 1.29 is 37.0 Å². The van der Waals surface area contributed by atoms with Gasteiger partial charge in [0.25, 0.3) is 0 Å². The second-order valence-electron chi connectivity index (χ2n) is 13.8. The first kappa shape index (κ1) is 38.1. The van der Waals surface area contributed by atoms with Gasteiger partial charge < -0.3 is 25.0 Å². The van der Waals surface area contributed by atoms with E-state index in [1.807, 2.05) is 49.9 Å². The Labute approximate surface area is 301 Å². The molecule has 0 spiro atoms. The number of rotatable bonds is 15. The van der Waals surface area contributed by atoms with E-state index in [1.54, 1.807) is 23.1 Å². The van der Waals surface area contributed by atoms with Crippen LogP contribution >= 0.6 is 11.6 Å². The lowest BCUT2D eigenvalue weighted by atomic mass is 10.0. The Bertz CT molecular complexity index is 1710. The number of ether oxygens (including phenoxy) is 2. The zero-order valence-corrected chi connectivity index (χ0v) is 29.8. The highest BCUT2D eigenvalue weighted by molar-refractivity contribution is 6.31. The van der Waals surface area contributed by atoms with Gasteiger partial charge in [-0.3, -0.25) is 19.3 Å². The molecule has 0 radical (unpaired) electrons. The van der Waals surface area contributed by atoms with Crippen LogP contribution in [0.15, 0.2) is 54.6 Å². The van der Waals surface area contributed by atoms with E-state index >= 15 is 0 Å². The molecule has 1 heterocycles. The number of aryl methyl sites for hydroxylation is 1. The molecule has 0 bridgehead atoms. The van der Waals surface area contributed by atoms with Crippen LogP contribution in [0.5, 0.6) is 5.75 Å². The van der Waals surface area contributed by atoms with Gasteiger partial charge in [0.2, 0.25) is 23.5 Å². The molecular weight excluding hydrogens is 685 g/mol. The summed E-state index contributed by atoms with van der Waals surface area (Å²) in [6.45, 7) is 6.70. The second-order valence-corrected chi connectivity index (χ2v) is 14.2. The Morgan fingerprint density at radius 3 is 2.41 bits per heavy atom. The molecule has 9 nitrogen and oxygen atoms in total. The van der Waals surface area contributed by atoms with Gasteiger partial charge in [-0.15, -0.1) is 0 Å². The third-order valence-corrected chi connectivity index (χ3v) is 9.01. The van der Waals surface area contributed by atoms with E-state index in [-0.39, 0.29) is 56.6 Å². The molecular formula is C38H44ClF3N4O5. The Hall–Kier alpha value is -4.13. The minimum atomic E-state index is -1.36. The number of carbonyl (C=O) groups excluding carboxylic acids is 3. The summed E-state index contributed by atoms with van der Waals surface area (Å²) in [5.41, 5.74) is 2.81. The van der Waals surface area contributed by atoms with Crippen LogP contribution in [0.2, 0.25) is 5.02 Å². The van der Waals surface area contributed by atoms with Gasteiger partial charge in [-0.05, 0) is 99.9 Å². The number of benzene rings is 3. The highest BCUT2D eigenvalue weighted by Gasteiger charge is 2.41. The van der Waals surface area contributed by atoms with Crippen molar-refractivity contribution in [2.45, 2.75) is 77.1 Å². The largest absolute Gasteiger partial charge is 0.488 e. The first-order valence-corrected chi connectivity index (χ1v) is 17.5. The molecule has 51 heavy (non-hydrogen) atoms. The van der Waals surface area contributed by atoms with Crippen LogP contribution in [0, 0.1) is 17.5 Å². The fourth-order valence-electron chi connectivity index (χ4n) is 5.83. The van der Waals surface area contributed by atoms with Gasteiger partial charge in [0.1, 0.15) is 12.6 Å². The molecule has 1 saturated heterocycles. The average molecular weight is 729 g/mol. The lowest BCUT2D eigenvalue weighted by Crippen LogP contribution is -2.61. The maximum absolute atomic E-state index is 14.2. The Kier molecular flexibility index (Phi) is 12.6. The van der Waals surface area contributed by atoms with Crippen LogP contribution in [0.25, 0.3) is 0 Å². The summed E-state index contributed by atoms with van der Waals surface area (Å²) in [5, 5.41) is 6.49. The van der Waals surface area contributed by atoms with E-state index in [2.05, 4.69) is 10.6 Å². The highest BCUT2D eigenvalue weighted by Crippen LogP contribution is 2.33. The minimum absolute atomic E-state index is 0.0191. The maximum Gasteiger partial charge on any atom is 0.247 e. The maximum atomic E-state index is 14.2. The van der Waals surface area contributed by atoms with E-state index in [0.29, 0.717) is 42.6 Å². The lowest BCUT2D eigenvalue weighted by molar-refractivity contribution is -0.136. The minimum Gasteiger partial charge on any atom is -0.488 e. The number of anilines is 1. The molecule has 3 aromatic carbocycles. The zero-order chi connectivity index (χ0) is 36.7. The number of nitrogens with one attached hydrogen (secondary N) is 2. The van der Waals surface area contributed by atoms with Crippen LogP contribution in [-0.2, 0) is 38.5 Å². The van der Waals surface area contributed by atoms with Crippen molar-refractivity contribution in [1.82, 2.24) is 15.5 Å². The molecule has 274 valence electrons. The van der Waals surface area contributed by atoms with Crippen molar-refractivity contribution in [3.05, 3.63) is 93.8 Å². The van der Waals surface area contributed by atoms with Gasteiger partial charge in [-0.1, -0.05) is 35.9 Å². The number of carbonyl (C=O) groups is 3. The van der Waals surface area contributed by atoms with E-state index in [0.717, 1.165) is 35.6 Å². The summed E-state index contributed by atoms with van der Waals surface area (Å²) in [6, 6.07) is 13.7. The summed E-state index contributed by atoms with van der Waals surface area (Å²) in [6.07, 6.45) is 3.20. The van der Waals surface area contributed by atoms with Gasteiger partial charge in [0, 0.05) is 36.4 Å². The predicted molar refractivity (Wildman–Crippen MR) is 188 cm³/mol. The SMILES string of the molecule is CC(C)(C)OCC(=O)NCCc1ccc(Cl)c(CN(C(=O)[C@H]2CNCC(=O)N2c2ccc(CCCOc3c(F)ccc(F)c3F)cc2)C2CC2)c1. The quantitative estimate of drug-likeness (QED) is 0.153. The smallest absolute Gasteiger partial charge is 0.247 e. The number of amides is 3. The third kappa shape index (κ3) is 10.5. The first-order valence-electron chi connectivity index (χ1n) is 17.2. The number of piperazine rings is 1. The fourth-order valence-corrected chi connectivity index (χ4v) is 6.01. The van der Waals surface area contributed by atoms with Crippen LogP contribution in [0.3, 0.4) is 0 Å². The van der Waals surface area contributed by atoms with E-state index in [1.165, 1.54) is 0 Å². The normalized spacial score (nSPS) is 16.3. The lowest BCUT2D eigenvalue weighted by Gasteiger charge is -2.38. The van der Waals surface area contributed by atoms with E-state index in [9.17, 15) is 27.6 Å². The number of halogens is 4. The van der Waals surface area contributed by atoms with Gasteiger partial charge in [0.15, 0.2) is 17.4 Å². The van der Waals surface area contributed by atoms with Gasteiger partial charge in [-0.25, -0.2) is 8.78 Å². The molecule has 13 heteroatoms. The third-order valence-electron chi connectivity index (χ3n) is 8.65. The molecule has 1 aliphatic carbocycles. The van der Waals surface area contributed by atoms with Crippen LogP contribution in [0.1, 0.15) is 56.7 Å². The zero-order valence-electron chi connectivity index (χ0n) is 29.1. The molecule has 5 rings (SSSR count). The predicted octanol–water partition coefficient (Wildman–Crippen LogP) is 5.74. The number of nitrogens with zero attached hydrogens (tertiary/aromatic N) is 2. The molecule has 3 amide bonds. The molecule has 0 aromatic heterocycles. The molecule has 2 fully saturated rings. The van der Waals surface area contributed by atoms with Crippen molar-refractivity contribution >= 4 is 35.0 Å². The van der Waals surface area contributed by atoms with Crippen LogP contribution in [0.4, 0.5) is 18.9 Å². The topological polar surface area (TPSA) is 100 Å². The summed E-state index contributed by atoms with van der Waals surface area (Å²) < 4.78 is 51.9. The summed E-state index contributed by atoms with van der Waals surface area (Å²) in [4.78, 5) is 43.0. The highest BCUT2D eigenvalue weighted by atomic mass is 35.5. The van der Waals surface area contributed by atoms with Crippen molar-refractivity contribution in [1.29, 1.82) is 0 Å². The molecule has 0 unspecified atom stereocenters.